The van der Waals surface area contributed by atoms with Crippen molar-refractivity contribution in [1.82, 2.24) is 35.1 Å². The predicted molar refractivity (Wildman–Crippen MR) is 258 cm³/mol. The zero-order valence-corrected chi connectivity index (χ0v) is 40.7. The number of pyridine rings is 1. The molecule has 3 N–H and O–H groups in total. The molecule has 2 saturated heterocycles. The zero-order valence-electron chi connectivity index (χ0n) is 40.7. The summed E-state index contributed by atoms with van der Waals surface area (Å²) in [5.41, 5.74) is 8.54. The van der Waals surface area contributed by atoms with Gasteiger partial charge in [-0.1, -0.05) is 64.6 Å². The largest absolute Gasteiger partial charge is 0.465 e. The van der Waals surface area contributed by atoms with Gasteiger partial charge in [0, 0.05) is 88.2 Å². The number of likely N-dealkylation sites (tertiary alicyclic amines) is 1. The minimum atomic E-state index is -1.87. The Bertz CT molecular complexity index is 2470. The Morgan fingerprint density at radius 3 is 2.45 bits per heavy atom. The van der Waals surface area contributed by atoms with Gasteiger partial charge in [-0.05, 0) is 91.6 Å². The monoisotopic (exact) mass is 920 g/mol. The number of rotatable bonds is 18. The number of aryl methyl sites for hydroxylation is 1. The fourth-order valence-electron chi connectivity index (χ4n) is 9.60. The van der Waals surface area contributed by atoms with Crippen molar-refractivity contribution in [1.29, 1.82) is 0 Å². The smallest absolute Gasteiger partial charge is 0.302 e. The summed E-state index contributed by atoms with van der Waals surface area (Å²) in [6, 6.07) is 16.4. The molecule has 15 nitrogen and oxygen atoms in total. The molecule has 4 heterocycles. The van der Waals surface area contributed by atoms with Crippen LogP contribution in [0.3, 0.4) is 0 Å². The highest BCUT2D eigenvalue weighted by atomic mass is 16.5. The quantitative estimate of drug-likeness (QED) is 0.0792. The Balaban J connectivity index is 1.36. The summed E-state index contributed by atoms with van der Waals surface area (Å²) in [6.45, 7) is 18.9. The van der Waals surface area contributed by atoms with Gasteiger partial charge in [-0.15, -0.1) is 0 Å². The van der Waals surface area contributed by atoms with Crippen LogP contribution >= 0.6 is 0 Å². The molecular formula is C52H69N7O8. The van der Waals surface area contributed by atoms with E-state index in [9.17, 15) is 29.1 Å². The summed E-state index contributed by atoms with van der Waals surface area (Å²) >= 11 is 0. The Morgan fingerprint density at radius 2 is 1.79 bits per heavy atom. The number of aromatic nitrogens is 2. The first-order valence-corrected chi connectivity index (χ1v) is 23.4. The molecule has 360 valence electrons. The van der Waals surface area contributed by atoms with Crippen LogP contribution in [0.25, 0.3) is 33.3 Å². The van der Waals surface area contributed by atoms with Crippen LogP contribution in [0.15, 0.2) is 73.4 Å². The molecule has 4 amide bonds. The van der Waals surface area contributed by atoms with E-state index in [1.807, 2.05) is 51.1 Å². The van der Waals surface area contributed by atoms with Crippen LogP contribution in [-0.2, 0) is 52.8 Å². The number of carbonyl (C=O) groups is 5. The number of nitrogens with one attached hydrogen (secondary N) is 2. The third-order valence-electron chi connectivity index (χ3n) is 13.1. The number of benzene rings is 2. The van der Waals surface area contributed by atoms with Gasteiger partial charge in [0.05, 0.1) is 30.6 Å². The molecule has 2 aromatic carbocycles. The van der Waals surface area contributed by atoms with E-state index in [1.54, 1.807) is 18.3 Å². The van der Waals surface area contributed by atoms with Crippen molar-refractivity contribution in [2.45, 2.75) is 111 Å². The molecular weight excluding hydrogens is 851 g/mol. The summed E-state index contributed by atoms with van der Waals surface area (Å²) < 4.78 is 13.7. The van der Waals surface area contributed by atoms with Gasteiger partial charge in [0.25, 0.3) is 11.8 Å². The number of fused-ring (bicyclic) bond motifs is 1. The fraction of sp³-hybridized carbons (Fsp3) is 0.500. The van der Waals surface area contributed by atoms with E-state index < -0.39 is 34.9 Å². The molecule has 0 bridgehead atoms. The van der Waals surface area contributed by atoms with Crippen molar-refractivity contribution < 1.29 is 38.6 Å². The first-order valence-electron chi connectivity index (χ1n) is 23.4. The summed E-state index contributed by atoms with van der Waals surface area (Å²) in [6.07, 6.45) is 5.16. The molecule has 67 heavy (non-hydrogen) atoms. The van der Waals surface area contributed by atoms with E-state index in [0.717, 1.165) is 69.0 Å². The number of esters is 1. The Hall–Kier alpha value is -5.90. The highest BCUT2D eigenvalue weighted by Crippen LogP contribution is 2.42. The number of β-amino-alcohol motifs (C(OH)–C–C–N with tert-alkyl or cyclic N) is 1. The van der Waals surface area contributed by atoms with Crippen molar-refractivity contribution >= 4 is 40.5 Å². The predicted octanol–water partition coefficient (Wildman–Crippen LogP) is 6.02. The molecule has 4 aromatic rings. The maximum atomic E-state index is 14.4. The standard InChI is InChI=1S/C52H69N7O8/c1-11-44(61)57-26-22-52(65,31-57)50(64)56(9)46(33(3)4)48(62)55-42(49(63)59-25-14-13-24-54-59)28-36-17-15-18-37(27-36)38-20-21-43-40(29-38)41(30-51(7,8)32-67-35(6)60)47(58(43)12-2)39-19-16-23-53-45(39)34(5)66-10/h11,15-21,23,27,29,33-34,42,46,54,65H,1,12-14,22,24-26,28,30-32H2,2-10H3,(H,55,62)/t34-,42-,46-,52+/m0/s1. The number of nitrogens with zero attached hydrogens (tertiary/aromatic N) is 5. The topological polar surface area (TPSA) is 176 Å². The van der Waals surface area contributed by atoms with E-state index >= 15 is 0 Å². The van der Waals surface area contributed by atoms with E-state index in [2.05, 4.69) is 66.9 Å². The molecule has 0 aliphatic carbocycles. The van der Waals surface area contributed by atoms with Crippen LogP contribution in [0, 0.1) is 11.3 Å². The van der Waals surface area contributed by atoms with Gasteiger partial charge in [-0.25, -0.2) is 5.43 Å². The second-order valence-corrected chi connectivity index (χ2v) is 19.2. The number of hydrogen-bond acceptors (Lipinski definition) is 10. The number of methoxy groups -OCH3 is 1. The first-order chi connectivity index (χ1) is 31.8. The van der Waals surface area contributed by atoms with Gasteiger partial charge in [-0.3, -0.25) is 34.0 Å². The molecule has 2 aliphatic rings. The SMILES string of the molecule is C=CC(=O)N1CC[C@](O)(C(=O)N(C)[C@H](C(=O)N[C@@H](Cc2cccc(-c3ccc4c(c3)c(CC(C)(C)COC(C)=O)c(-c3cccnc3[C@H](C)OC)n4CC)c2)C(=O)N2CCCCN2)C(C)C)C1. The molecule has 0 saturated carbocycles. The van der Waals surface area contributed by atoms with Gasteiger partial charge < -0.3 is 34.3 Å². The van der Waals surface area contributed by atoms with Gasteiger partial charge >= 0.3 is 5.97 Å². The molecule has 0 radical (unpaired) electrons. The lowest BCUT2D eigenvalue weighted by Gasteiger charge is -2.36. The second-order valence-electron chi connectivity index (χ2n) is 19.2. The molecule has 0 unspecified atom stereocenters. The number of hydrogen-bond donors (Lipinski definition) is 3. The van der Waals surface area contributed by atoms with Crippen LogP contribution in [0.5, 0.6) is 0 Å². The fourth-order valence-corrected chi connectivity index (χ4v) is 9.60. The Kier molecular flexibility index (Phi) is 16.1. The molecule has 15 heteroatoms. The molecule has 2 aromatic heterocycles. The maximum Gasteiger partial charge on any atom is 0.302 e. The summed E-state index contributed by atoms with van der Waals surface area (Å²) in [5.74, 6) is -2.60. The molecule has 6 rings (SSSR count). The normalized spacial score (nSPS) is 17.8. The number of amides is 4. The van der Waals surface area contributed by atoms with Gasteiger partial charge in [-0.2, -0.15) is 0 Å². The van der Waals surface area contributed by atoms with Crippen LogP contribution in [0.2, 0.25) is 0 Å². The lowest BCUT2D eigenvalue weighted by atomic mass is 9.84. The van der Waals surface area contributed by atoms with E-state index in [1.165, 1.54) is 23.8 Å². The van der Waals surface area contributed by atoms with Crippen molar-refractivity contribution in [2.75, 3.05) is 46.9 Å². The van der Waals surface area contributed by atoms with Crippen LogP contribution in [0.1, 0.15) is 90.7 Å². The highest BCUT2D eigenvalue weighted by molar-refractivity contribution is 5.97. The molecule has 2 aliphatic heterocycles. The van der Waals surface area contributed by atoms with Crippen molar-refractivity contribution in [2.24, 2.45) is 11.3 Å². The van der Waals surface area contributed by atoms with Crippen molar-refractivity contribution in [3.05, 3.63) is 90.3 Å². The average molecular weight is 920 g/mol. The van der Waals surface area contributed by atoms with Gasteiger partial charge in [0.1, 0.15) is 12.1 Å². The maximum absolute atomic E-state index is 14.4. The number of ether oxygens (including phenoxy) is 2. The Labute approximate surface area is 394 Å². The zero-order chi connectivity index (χ0) is 48.8. The first kappa shape index (κ1) is 50.5. The van der Waals surface area contributed by atoms with Crippen molar-refractivity contribution in [3.8, 4) is 22.4 Å². The number of hydrazine groups is 1. The third-order valence-corrected chi connectivity index (χ3v) is 13.1. The van der Waals surface area contributed by atoms with Crippen molar-refractivity contribution in [3.63, 3.8) is 0 Å². The average Bonchev–Trinajstić information content (AvgIpc) is 3.87. The lowest BCUT2D eigenvalue weighted by Crippen LogP contribution is -2.61. The van der Waals surface area contributed by atoms with Gasteiger partial charge in [0.15, 0.2) is 5.60 Å². The molecule has 4 atom stereocenters. The Morgan fingerprint density at radius 1 is 1.04 bits per heavy atom. The minimum Gasteiger partial charge on any atom is -0.465 e. The third kappa shape index (κ3) is 11.3. The minimum absolute atomic E-state index is 0.0211. The van der Waals surface area contributed by atoms with E-state index in [4.69, 9.17) is 14.5 Å². The highest BCUT2D eigenvalue weighted by Gasteiger charge is 2.48. The number of likely N-dealkylation sites (N-methyl/N-ethyl adjacent to an activating group) is 1. The number of aliphatic hydroxyl groups is 1. The molecule has 0 spiro atoms. The molecule has 2 fully saturated rings. The van der Waals surface area contributed by atoms with E-state index in [-0.39, 0.29) is 62.3 Å². The van der Waals surface area contributed by atoms with Crippen LogP contribution in [-0.4, -0.2) is 124 Å². The summed E-state index contributed by atoms with van der Waals surface area (Å²) in [5, 5.41) is 17.1. The van der Waals surface area contributed by atoms with Gasteiger partial charge in [0.2, 0.25) is 11.8 Å². The summed E-state index contributed by atoms with van der Waals surface area (Å²) in [4.78, 5) is 74.4. The second kappa shape index (κ2) is 21.4. The van der Waals surface area contributed by atoms with E-state index in [0.29, 0.717) is 26.1 Å². The summed E-state index contributed by atoms with van der Waals surface area (Å²) in [7, 11) is 3.15. The van der Waals surface area contributed by atoms with Crippen LogP contribution < -0.4 is 10.7 Å². The van der Waals surface area contributed by atoms with Crippen LogP contribution in [0.4, 0.5) is 0 Å². The lowest BCUT2D eigenvalue weighted by molar-refractivity contribution is -0.156. The number of carbonyl (C=O) groups excluding carboxylic acids is 5.